The topological polar surface area (TPSA) is 58.2 Å². The van der Waals surface area contributed by atoms with Gasteiger partial charge in [-0.3, -0.25) is 9.59 Å². The number of benzene rings is 2. The van der Waals surface area contributed by atoms with Gasteiger partial charge >= 0.3 is 0 Å². The summed E-state index contributed by atoms with van der Waals surface area (Å²) in [5.41, 5.74) is 0.709. The van der Waals surface area contributed by atoms with Crippen LogP contribution in [0.4, 0.5) is 5.69 Å². The maximum atomic E-state index is 12.4. The molecule has 0 radical (unpaired) electrons. The first-order chi connectivity index (χ1) is 11.8. The van der Waals surface area contributed by atoms with Gasteiger partial charge in [-0.05, 0) is 54.4 Å². The van der Waals surface area contributed by atoms with Gasteiger partial charge in [-0.1, -0.05) is 41.5 Å². The fraction of sp³-hybridized carbons (Fsp3) is 0.263. The summed E-state index contributed by atoms with van der Waals surface area (Å²) in [6.07, 6.45) is 0. The van der Waals surface area contributed by atoms with Crippen LogP contribution in [0.1, 0.15) is 20.8 Å². The average Bonchev–Trinajstić information content (AvgIpc) is 2.56. The van der Waals surface area contributed by atoms with E-state index < -0.39 is 6.04 Å². The first-order valence-corrected chi connectivity index (χ1v) is 9.57. The van der Waals surface area contributed by atoms with Crippen molar-refractivity contribution in [3.63, 3.8) is 0 Å². The number of rotatable bonds is 6. The van der Waals surface area contributed by atoms with Crippen LogP contribution in [-0.4, -0.2) is 17.9 Å². The number of anilines is 1. The molecule has 0 aliphatic carbocycles. The van der Waals surface area contributed by atoms with Crippen molar-refractivity contribution in [1.29, 1.82) is 0 Å². The van der Waals surface area contributed by atoms with Crippen LogP contribution in [0.5, 0.6) is 0 Å². The molecule has 0 fully saturated rings. The molecule has 2 rings (SSSR count). The number of carbonyl (C=O) groups excluding carboxylic acids is 2. The number of carbonyl (C=O) groups is 2. The lowest BCUT2D eigenvalue weighted by Crippen LogP contribution is -2.46. The number of halogens is 1. The van der Waals surface area contributed by atoms with Crippen LogP contribution in [0.2, 0.25) is 0 Å². The van der Waals surface area contributed by atoms with Crippen LogP contribution >= 0.6 is 27.7 Å². The molecule has 4 nitrogen and oxygen atoms in total. The quantitative estimate of drug-likeness (QED) is 0.711. The van der Waals surface area contributed by atoms with Crippen molar-refractivity contribution in [3.8, 4) is 0 Å². The highest BCUT2D eigenvalue weighted by atomic mass is 79.9. The highest BCUT2D eigenvalue weighted by Gasteiger charge is 2.22. The molecule has 6 heteroatoms. The van der Waals surface area contributed by atoms with E-state index in [-0.39, 0.29) is 17.7 Å². The van der Waals surface area contributed by atoms with Crippen molar-refractivity contribution in [3.05, 3.63) is 53.0 Å². The summed E-state index contributed by atoms with van der Waals surface area (Å²) in [4.78, 5) is 25.8. The molecule has 0 saturated heterocycles. The predicted octanol–water partition coefficient (Wildman–Crippen LogP) is 4.70. The van der Waals surface area contributed by atoms with Gasteiger partial charge < -0.3 is 10.6 Å². The maximum Gasteiger partial charge on any atom is 0.247 e. The largest absolute Gasteiger partial charge is 0.344 e. The van der Waals surface area contributed by atoms with Crippen LogP contribution < -0.4 is 10.6 Å². The second-order valence-electron chi connectivity index (χ2n) is 5.99. The van der Waals surface area contributed by atoms with E-state index >= 15 is 0 Å². The fourth-order valence-electron chi connectivity index (χ4n) is 2.22. The summed E-state index contributed by atoms with van der Waals surface area (Å²) in [6.45, 7) is 5.22. The summed E-state index contributed by atoms with van der Waals surface area (Å²) in [5, 5.41) is 5.55. The van der Waals surface area contributed by atoms with Gasteiger partial charge in [0, 0.05) is 26.9 Å². The molecule has 0 saturated carbocycles. The van der Waals surface area contributed by atoms with Gasteiger partial charge in [-0.15, -0.1) is 0 Å². The minimum atomic E-state index is -0.547. The predicted molar refractivity (Wildman–Crippen MR) is 106 cm³/mol. The van der Waals surface area contributed by atoms with E-state index in [1.165, 1.54) is 6.92 Å². The molecule has 0 spiro atoms. The Morgan fingerprint density at radius 1 is 0.960 bits per heavy atom. The molecule has 25 heavy (non-hydrogen) atoms. The SMILES string of the molecule is CC(=O)N[C@H](C(=O)Nc1ccc(Sc2ccc(Br)cc2)cc1)C(C)C. The maximum absolute atomic E-state index is 12.4. The summed E-state index contributed by atoms with van der Waals surface area (Å²) in [7, 11) is 0. The van der Waals surface area contributed by atoms with Gasteiger partial charge in [-0.2, -0.15) is 0 Å². The summed E-state index contributed by atoms with van der Waals surface area (Å²) in [5.74, 6) is -0.412. The van der Waals surface area contributed by atoms with E-state index in [1.54, 1.807) is 11.8 Å². The molecule has 0 unspecified atom stereocenters. The van der Waals surface area contributed by atoms with Crippen LogP contribution in [-0.2, 0) is 9.59 Å². The lowest BCUT2D eigenvalue weighted by molar-refractivity contribution is -0.126. The molecule has 132 valence electrons. The van der Waals surface area contributed by atoms with Crippen molar-refractivity contribution in [2.75, 3.05) is 5.32 Å². The number of amides is 2. The third-order valence-corrected chi connectivity index (χ3v) is 5.02. The molecule has 1 atom stereocenters. The Hall–Kier alpha value is -1.79. The van der Waals surface area contributed by atoms with Gasteiger partial charge in [0.05, 0.1) is 0 Å². The Morgan fingerprint density at radius 3 is 1.96 bits per heavy atom. The zero-order valence-corrected chi connectivity index (χ0v) is 16.8. The van der Waals surface area contributed by atoms with Gasteiger partial charge in [0.15, 0.2) is 0 Å². The van der Waals surface area contributed by atoms with Crippen molar-refractivity contribution < 1.29 is 9.59 Å². The monoisotopic (exact) mass is 420 g/mol. The molecule has 2 aromatic carbocycles. The molecule has 0 heterocycles. The van der Waals surface area contributed by atoms with E-state index in [0.29, 0.717) is 5.69 Å². The second-order valence-corrected chi connectivity index (χ2v) is 8.05. The van der Waals surface area contributed by atoms with Gasteiger partial charge in [0.2, 0.25) is 11.8 Å². The normalized spacial score (nSPS) is 11.9. The molecule has 0 aromatic heterocycles. The lowest BCUT2D eigenvalue weighted by Gasteiger charge is -2.21. The van der Waals surface area contributed by atoms with Crippen molar-refractivity contribution in [2.45, 2.75) is 36.6 Å². The van der Waals surface area contributed by atoms with E-state index in [1.807, 2.05) is 62.4 Å². The summed E-state index contributed by atoms with van der Waals surface area (Å²) in [6, 6.07) is 15.2. The third kappa shape index (κ3) is 6.21. The third-order valence-electron chi connectivity index (χ3n) is 3.48. The lowest BCUT2D eigenvalue weighted by atomic mass is 10.0. The Bertz CT molecular complexity index is 730. The minimum absolute atomic E-state index is 0.0103. The van der Waals surface area contributed by atoms with Crippen molar-refractivity contribution in [1.82, 2.24) is 5.32 Å². The molecule has 2 aromatic rings. The van der Waals surface area contributed by atoms with E-state index in [0.717, 1.165) is 14.3 Å². The molecule has 0 aliphatic rings. The first-order valence-electron chi connectivity index (χ1n) is 7.96. The van der Waals surface area contributed by atoms with Gasteiger partial charge in [0.1, 0.15) is 6.04 Å². The summed E-state index contributed by atoms with van der Waals surface area (Å²) < 4.78 is 1.05. The molecular weight excluding hydrogens is 400 g/mol. The highest BCUT2D eigenvalue weighted by molar-refractivity contribution is 9.10. The number of hydrogen-bond acceptors (Lipinski definition) is 3. The van der Waals surface area contributed by atoms with E-state index in [9.17, 15) is 9.59 Å². The molecule has 2 N–H and O–H groups in total. The number of hydrogen-bond donors (Lipinski definition) is 2. The Morgan fingerprint density at radius 2 is 1.48 bits per heavy atom. The Labute approximate surface area is 160 Å². The Kier molecular flexibility index (Phi) is 7.08. The molecule has 2 amide bonds. The standard InChI is InChI=1S/C19H21BrN2O2S/c1-12(2)18(21-13(3)23)19(24)22-15-6-10-17(11-7-15)25-16-8-4-14(20)5-9-16/h4-12,18H,1-3H3,(H,21,23)(H,22,24)/t18-/m0/s1. The minimum Gasteiger partial charge on any atom is -0.344 e. The zero-order chi connectivity index (χ0) is 18.4. The van der Waals surface area contributed by atoms with Gasteiger partial charge in [-0.25, -0.2) is 0 Å². The fourth-order valence-corrected chi connectivity index (χ4v) is 3.30. The Balaban J connectivity index is 2.00. The molecular formula is C19H21BrN2O2S. The first kappa shape index (κ1) is 19.5. The van der Waals surface area contributed by atoms with Crippen molar-refractivity contribution >= 4 is 45.2 Å². The molecule has 0 aliphatic heterocycles. The van der Waals surface area contributed by atoms with Crippen LogP contribution in [0.3, 0.4) is 0 Å². The van der Waals surface area contributed by atoms with Crippen LogP contribution in [0, 0.1) is 5.92 Å². The van der Waals surface area contributed by atoms with Crippen LogP contribution in [0.15, 0.2) is 62.8 Å². The van der Waals surface area contributed by atoms with Gasteiger partial charge in [0.25, 0.3) is 0 Å². The van der Waals surface area contributed by atoms with E-state index in [2.05, 4.69) is 26.6 Å². The average molecular weight is 421 g/mol. The number of nitrogens with one attached hydrogen (secondary N) is 2. The molecule has 0 bridgehead atoms. The van der Waals surface area contributed by atoms with Crippen molar-refractivity contribution in [2.24, 2.45) is 5.92 Å². The van der Waals surface area contributed by atoms with E-state index in [4.69, 9.17) is 0 Å². The smallest absolute Gasteiger partial charge is 0.247 e. The van der Waals surface area contributed by atoms with Crippen LogP contribution in [0.25, 0.3) is 0 Å². The highest BCUT2D eigenvalue weighted by Crippen LogP contribution is 2.29. The summed E-state index contributed by atoms with van der Waals surface area (Å²) >= 11 is 5.08. The zero-order valence-electron chi connectivity index (χ0n) is 14.4. The second kappa shape index (κ2) is 9.06.